The zero-order valence-electron chi connectivity index (χ0n) is 5.91. The van der Waals surface area contributed by atoms with E-state index in [0.717, 1.165) is 0 Å². The summed E-state index contributed by atoms with van der Waals surface area (Å²) >= 11 is 0. The van der Waals surface area contributed by atoms with Crippen molar-refractivity contribution in [2.45, 2.75) is 26.1 Å². The van der Waals surface area contributed by atoms with Crippen LogP contribution in [0.3, 0.4) is 0 Å². The van der Waals surface area contributed by atoms with Gasteiger partial charge in [-0.15, -0.1) is 0 Å². The van der Waals surface area contributed by atoms with Crippen molar-refractivity contribution in [2.24, 2.45) is 0 Å². The summed E-state index contributed by atoms with van der Waals surface area (Å²) in [5, 5.41) is 16.6. The predicted molar refractivity (Wildman–Crippen MR) is 34.1 cm³/mol. The topological polar surface area (TPSA) is 66.8 Å². The zero-order valence-corrected chi connectivity index (χ0v) is 5.91. The minimum atomic E-state index is -1.38. The Balaban J connectivity index is 3.12. The van der Waals surface area contributed by atoms with E-state index in [1.807, 2.05) is 0 Å². The van der Waals surface area contributed by atoms with E-state index in [1.165, 1.54) is 0 Å². The molecule has 0 aromatic rings. The minimum Gasteiger partial charge on any atom is -0.465 e. The van der Waals surface area contributed by atoms with Crippen molar-refractivity contribution in [3.05, 3.63) is 0 Å². The Hall–Kier alpha value is -0.610. The lowest BCUT2D eigenvalue weighted by Gasteiger charge is -2.03. The van der Waals surface area contributed by atoms with Gasteiger partial charge >= 0.3 is 5.97 Å². The van der Waals surface area contributed by atoms with Crippen molar-refractivity contribution in [2.75, 3.05) is 6.61 Å². The lowest BCUT2D eigenvalue weighted by molar-refractivity contribution is -0.145. The lowest BCUT2D eigenvalue weighted by atomic mass is 10.4. The monoisotopic (exact) mass is 148 g/mol. The number of ether oxygens (including phenoxy) is 1. The van der Waals surface area contributed by atoms with Gasteiger partial charge in [0.25, 0.3) is 0 Å². The van der Waals surface area contributed by atoms with E-state index in [-0.39, 0.29) is 19.0 Å². The highest BCUT2D eigenvalue weighted by atomic mass is 16.5. The summed E-state index contributed by atoms with van der Waals surface area (Å²) in [6.45, 7) is 1.75. The quantitative estimate of drug-likeness (QED) is 0.422. The van der Waals surface area contributed by atoms with E-state index in [4.69, 9.17) is 10.2 Å². The van der Waals surface area contributed by atoms with Crippen LogP contribution in [0.15, 0.2) is 0 Å². The molecular formula is C6H12O4. The molecule has 4 heteroatoms. The SMILES string of the molecule is CCC(=O)OCCC(O)O. The van der Waals surface area contributed by atoms with E-state index >= 15 is 0 Å². The molecule has 0 atom stereocenters. The molecule has 0 heterocycles. The average molecular weight is 148 g/mol. The molecule has 0 radical (unpaired) electrons. The molecule has 0 bridgehead atoms. The van der Waals surface area contributed by atoms with Crippen LogP contribution in [-0.4, -0.2) is 29.1 Å². The fourth-order valence-corrected chi connectivity index (χ4v) is 0.380. The van der Waals surface area contributed by atoms with Gasteiger partial charge in [0, 0.05) is 12.8 Å². The summed E-state index contributed by atoms with van der Waals surface area (Å²) in [5.74, 6) is -0.319. The highest BCUT2D eigenvalue weighted by Gasteiger charge is 2.00. The van der Waals surface area contributed by atoms with Crippen LogP contribution in [0, 0.1) is 0 Å². The highest BCUT2D eigenvalue weighted by molar-refractivity contribution is 5.68. The first-order chi connectivity index (χ1) is 4.66. The number of hydrogen-bond donors (Lipinski definition) is 2. The number of aliphatic hydroxyl groups is 2. The second-order valence-corrected chi connectivity index (χ2v) is 1.84. The van der Waals surface area contributed by atoms with Crippen molar-refractivity contribution >= 4 is 5.97 Å². The summed E-state index contributed by atoms with van der Waals surface area (Å²) < 4.78 is 4.54. The van der Waals surface area contributed by atoms with Gasteiger partial charge < -0.3 is 14.9 Å². The van der Waals surface area contributed by atoms with Crippen LogP contribution >= 0.6 is 0 Å². The fourth-order valence-electron chi connectivity index (χ4n) is 0.380. The van der Waals surface area contributed by atoms with E-state index < -0.39 is 6.29 Å². The summed E-state index contributed by atoms with van der Waals surface area (Å²) in [7, 11) is 0. The molecule has 0 saturated carbocycles. The maximum atomic E-state index is 10.4. The van der Waals surface area contributed by atoms with Gasteiger partial charge in [-0.3, -0.25) is 4.79 Å². The number of hydrogen-bond acceptors (Lipinski definition) is 4. The standard InChI is InChI=1S/C6H12O4/c1-2-6(9)10-4-3-5(7)8/h5,7-8H,2-4H2,1H3. The largest absolute Gasteiger partial charge is 0.465 e. The zero-order chi connectivity index (χ0) is 7.98. The van der Waals surface area contributed by atoms with Gasteiger partial charge in [-0.2, -0.15) is 0 Å². The van der Waals surface area contributed by atoms with Gasteiger partial charge in [0.1, 0.15) is 0 Å². The van der Waals surface area contributed by atoms with E-state index in [1.54, 1.807) is 6.92 Å². The van der Waals surface area contributed by atoms with E-state index in [2.05, 4.69) is 4.74 Å². The summed E-state index contributed by atoms with van der Waals surface area (Å²) in [6.07, 6.45) is -0.988. The van der Waals surface area contributed by atoms with Gasteiger partial charge in [0.15, 0.2) is 6.29 Å². The van der Waals surface area contributed by atoms with Crippen LogP contribution in [0.4, 0.5) is 0 Å². The maximum absolute atomic E-state index is 10.4. The van der Waals surface area contributed by atoms with Gasteiger partial charge in [-0.05, 0) is 0 Å². The number of carbonyl (C=O) groups excluding carboxylic acids is 1. The molecule has 4 nitrogen and oxygen atoms in total. The molecule has 10 heavy (non-hydrogen) atoms. The third-order valence-electron chi connectivity index (χ3n) is 0.928. The van der Waals surface area contributed by atoms with Gasteiger partial charge in [0.05, 0.1) is 6.61 Å². The average Bonchev–Trinajstić information content (AvgIpc) is 1.87. The minimum absolute atomic E-state index is 0.0737. The van der Waals surface area contributed by atoms with Crippen molar-refractivity contribution in [3.8, 4) is 0 Å². The van der Waals surface area contributed by atoms with Crippen LogP contribution in [-0.2, 0) is 9.53 Å². The van der Waals surface area contributed by atoms with Crippen LogP contribution in [0.2, 0.25) is 0 Å². The van der Waals surface area contributed by atoms with Gasteiger partial charge in [-0.1, -0.05) is 6.92 Å². The van der Waals surface area contributed by atoms with Crippen LogP contribution in [0.1, 0.15) is 19.8 Å². The first-order valence-electron chi connectivity index (χ1n) is 3.18. The van der Waals surface area contributed by atoms with Crippen LogP contribution in [0.5, 0.6) is 0 Å². The Bertz CT molecular complexity index is 99.9. The Labute approximate surface area is 59.4 Å². The van der Waals surface area contributed by atoms with E-state index in [9.17, 15) is 4.79 Å². The third kappa shape index (κ3) is 5.53. The molecule has 0 fully saturated rings. The Morgan fingerprint density at radius 3 is 2.60 bits per heavy atom. The molecule has 60 valence electrons. The van der Waals surface area contributed by atoms with E-state index in [0.29, 0.717) is 6.42 Å². The number of esters is 1. The van der Waals surface area contributed by atoms with Crippen molar-refractivity contribution in [1.29, 1.82) is 0 Å². The molecule has 0 aromatic heterocycles. The summed E-state index contributed by atoms with van der Waals surface area (Å²) in [6, 6.07) is 0. The maximum Gasteiger partial charge on any atom is 0.305 e. The number of aliphatic hydroxyl groups excluding tert-OH is 1. The van der Waals surface area contributed by atoms with Crippen LogP contribution in [0.25, 0.3) is 0 Å². The Kier molecular flexibility index (Phi) is 4.88. The smallest absolute Gasteiger partial charge is 0.305 e. The second kappa shape index (κ2) is 5.20. The first kappa shape index (κ1) is 9.39. The van der Waals surface area contributed by atoms with Crippen LogP contribution < -0.4 is 0 Å². The first-order valence-corrected chi connectivity index (χ1v) is 3.18. The molecule has 0 aliphatic heterocycles. The molecular weight excluding hydrogens is 136 g/mol. The normalized spacial score (nSPS) is 10.0. The molecule has 2 N–H and O–H groups in total. The molecule has 0 rings (SSSR count). The fraction of sp³-hybridized carbons (Fsp3) is 0.833. The molecule has 0 aliphatic rings. The highest BCUT2D eigenvalue weighted by Crippen LogP contribution is 1.90. The van der Waals surface area contributed by atoms with Gasteiger partial charge in [0.2, 0.25) is 0 Å². The molecule has 0 aliphatic carbocycles. The molecule has 0 aromatic carbocycles. The second-order valence-electron chi connectivity index (χ2n) is 1.84. The number of carbonyl (C=O) groups is 1. The predicted octanol–water partition coefficient (Wildman–Crippen LogP) is -0.360. The summed E-state index contributed by atoms with van der Waals surface area (Å²) in [5.41, 5.74) is 0. The summed E-state index contributed by atoms with van der Waals surface area (Å²) in [4.78, 5) is 10.4. The Morgan fingerprint density at radius 2 is 2.20 bits per heavy atom. The van der Waals surface area contributed by atoms with Crippen molar-refractivity contribution in [3.63, 3.8) is 0 Å². The number of rotatable bonds is 4. The molecule has 0 saturated heterocycles. The van der Waals surface area contributed by atoms with Crippen molar-refractivity contribution < 1.29 is 19.7 Å². The van der Waals surface area contributed by atoms with Gasteiger partial charge in [-0.25, -0.2) is 0 Å². The third-order valence-corrected chi connectivity index (χ3v) is 0.928. The Morgan fingerprint density at radius 1 is 1.60 bits per heavy atom. The van der Waals surface area contributed by atoms with Crippen molar-refractivity contribution in [1.82, 2.24) is 0 Å². The lowest BCUT2D eigenvalue weighted by Crippen LogP contribution is -2.11. The molecule has 0 unspecified atom stereocenters. The molecule has 0 amide bonds. The molecule has 0 spiro atoms.